The molecule has 0 spiro atoms. The second-order valence-electron chi connectivity index (χ2n) is 5.22. The summed E-state index contributed by atoms with van der Waals surface area (Å²) in [7, 11) is 0. The molecule has 1 aliphatic rings. The summed E-state index contributed by atoms with van der Waals surface area (Å²) in [6, 6.07) is 3.41. The smallest absolute Gasteiger partial charge is 0.0621 e. The van der Waals surface area contributed by atoms with Gasteiger partial charge in [-0.25, -0.2) is 0 Å². The minimum Gasteiger partial charge on any atom is -0.328 e. The summed E-state index contributed by atoms with van der Waals surface area (Å²) >= 11 is 0. The SMILES string of the molecule is CCCN(CCCCC#N)C1CCC(N)CC1. The molecule has 0 radical (unpaired) electrons. The Morgan fingerprint density at radius 1 is 1.18 bits per heavy atom. The van der Waals surface area contributed by atoms with Crippen LogP contribution in [0.15, 0.2) is 0 Å². The van der Waals surface area contributed by atoms with Gasteiger partial charge in [-0.2, -0.15) is 5.26 Å². The van der Waals surface area contributed by atoms with Crippen LogP contribution in [0, 0.1) is 11.3 Å². The Morgan fingerprint density at radius 2 is 1.88 bits per heavy atom. The van der Waals surface area contributed by atoms with Gasteiger partial charge < -0.3 is 10.6 Å². The summed E-state index contributed by atoms with van der Waals surface area (Å²) in [6.45, 7) is 4.61. The van der Waals surface area contributed by atoms with E-state index in [1.54, 1.807) is 0 Å². The molecule has 1 saturated carbocycles. The van der Waals surface area contributed by atoms with Crippen molar-refractivity contribution in [1.29, 1.82) is 5.26 Å². The zero-order valence-electron chi connectivity index (χ0n) is 11.2. The topological polar surface area (TPSA) is 53.0 Å². The zero-order chi connectivity index (χ0) is 12.5. The van der Waals surface area contributed by atoms with E-state index in [0.717, 1.165) is 25.4 Å². The summed E-state index contributed by atoms with van der Waals surface area (Å²) in [6.07, 6.45) is 9.03. The van der Waals surface area contributed by atoms with Crippen LogP contribution in [-0.4, -0.2) is 30.1 Å². The van der Waals surface area contributed by atoms with Crippen LogP contribution >= 0.6 is 0 Å². The average Bonchev–Trinajstić information content (AvgIpc) is 2.34. The van der Waals surface area contributed by atoms with Crippen molar-refractivity contribution in [3.8, 4) is 6.07 Å². The van der Waals surface area contributed by atoms with Gasteiger partial charge in [-0.1, -0.05) is 6.92 Å². The van der Waals surface area contributed by atoms with Crippen LogP contribution in [0.4, 0.5) is 0 Å². The van der Waals surface area contributed by atoms with Gasteiger partial charge in [-0.15, -0.1) is 0 Å². The molecule has 0 aromatic heterocycles. The predicted molar refractivity (Wildman–Crippen MR) is 71.6 cm³/mol. The van der Waals surface area contributed by atoms with Crippen molar-refractivity contribution >= 4 is 0 Å². The molecule has 3 heteroatoms. The van der Waals surface area contributed by atoms with Gasteiger partial charge in [0.2, 0.25) is 0 Å². The number of hydrogen-bond donors (Lipinski definition) is 1. The molecule has 17 heavy (non-hydrogen) atoms. The van der Waals surface area contributed by atoms with Crippen LogP contribution in [0.2, 0.25) is 0 Å². The van der Waals surface area contributed by atoms with Crippen molar-refractivity contribution in [2.45, 2.75) is 70.4 Å². The maximum Gasteiger partial charge on any atom is 0.0621 e. The van der Waals surface area contributed by atoms with Gasteiger partial charge in [-0.05, 0) is 58.0 Å². The molecule has 98 valence electrons. The zero-order valence-corrected chi connectivity index (χ0v) is 11.2. The fourth-order valence-corrected chi connectivity index (χ4v) is 2.75. The van der Waals surface area contributed by atoms with Crippen LogP contribution in [0.5, 0.6) is 0 Å². The van der Waals surface area contributed by atoms with Crippen LogP contribution in [-0.2, 0) is 0 Å². The Labute approximate surface area is 106 Å². The van der Waals surface area contributed by atoms with E-state index in [1.165, 1.54) is 38.6 Å². The highest BCUT2D eigenvalue weighted by Crippen LogP contribution is 2.22. The van der Waals surface area contributed by atoms with E-state index < -0.39 is 0 Å². The Kier molecular flexibility index (Phi) is 7.23. The second kappa shape index (κ2) is 8.49. The molecule has 1 fully saturated rings. The van der Waals surface area contributed by atoms with Crippen molar-refractivity contribution in [2.75, 3.05) is 13.1 Å². The lowest BCUT2D eigenvalue weighted by molar-refractivity contribution is 0.147. The van der Waals surface area contributed by atoms with Crippen LogP contribution in [0.1, 0.15) is 58.3 Å². The first-order chi connectivity index (χ1) is 8.27. The number of unbranched alkanes of at least 4 members (excludes halogenated alkanes) is 2. The lowest BCUT2D eigenvalue weighted by Gasteiger charge is -2.36. The fourth-order valence-electron chi connectivity index (χ4n) is 2.75. The van der Waals surface area contributed by atoms with E-state index in [4.69, 9.17) is 11.0 Å². The lowest BCUT2D eigenvalue weighted by Crippen LogP contribution is -2.41. The fraction of sp³-hybridized carbons (Fsp3) is 0.929. The molecule has 0 heterocycles. The van der Waals surface area contributed by atoms with Crippen molar-refractivity contribution in [3.63, 3.8) is 0 Å². The summed E-state index contributed by atoms with van der Waals surface area (Å²) in [5.41, 5.74) is 5.96. The second-order valence-corrected chi connectivity index (χ2v) is 5.22. The predicted octanol–water partition coefficient (Wildman–Crippen LogP) is 2.66. The van der Waals surface area contributed by atoms with Crippen molar-refractivity contribution < 1.29 is 0 Å². The molecule has 0 atom stereocenters. The largest absolute Gasteiger partial charge is 0.328 e. The molecule has 2 N–H and O–H groups in total. The summed E-state index contributed by atoms with van der Waals surface area (Å²) in [5.74, 6) is 0. The van der Waals surface area contributed by atoms with Gasteiger partial charge in [0.25, 0.3) is 0 Å². The molecule has 1 aliphatic carbocycles. The highest BCUT2D eigenvalue weighted by molar-refractivity contribution is 4.81. The molecule has 0 amide bonds. The molecule has 3 nitrogen and oxygen atoms in total. The van der Waals surface area contributed by atoms with Crippen LogP contribution in [0.3, 0.4) is 0 Å². The third-order valence-corrected chi connectivity index (χ3v) is 3.75. The number of hydrogen-bond acceptors (Lipinski definition) is 3. The molecule has 0 unspecified atom stereocenters. The van der Waals surface area contributed by atoms with E-state index in [-0.39, 0.29) is 0 Å². The van der Waals surface area contributed by atoms with Gasteiger partial charge in [0.05, 0.1) is 6.07 Å². The molecule has 0 aromatic carbocycles. The third-order valence-electron chi connectivity index (χ3n) is 3.75. The molecular formula is C14H27N3. The van der Waals surface area contributed by atoms with E-state index in [0.29, 0.717) is 12.5 Å². The summed E-state index contributed by atoms with van der Waals surface area (Å²) < 4.78 is 0. The Balaban J connectivity index is 2.29. The minimum absolute atomic E-state index is 0.438. The van der Waals surface area contributed by atoms with Crippen molar-refractivity contribution in [1.82, 2.24) is 4.90 Å². The van der Waals surface area contributed by atoms with E-state index in [1.807, 2.05) is 0 Å². The molecular weight excluding hydrogens is 210 g/mol. The summed E-state index contributed by atoms with van der Waals surface area (Å²) in [4.78, 5) is 2.63. The molecule has 0 aliphatic heterocycles. The standard InChI is InChI=1S/C14H27N3/c1-2-11-17(12-5-3-4-10-15)14-8-6-13(16)7-9-14/h13-14H,2-9,11-12,16H2,1H3. The highest BCUT2D eigenvalue weighted by Gasteiger charge is 2.23. The highest BCUT2D eigenvalue weighted by atomic mass is 15.1. The Bertz CT molecular complexity index is 226. The molecule has 0 bridgehead atoms. The van der Waals surface area contributed by atoms with Gasteiger partial charge in [0, 0.05) is 18.5 Å². The molecule has 0 aromatic rings. The normalized spacial score (nSPS) is 24.8. The Morgan fingerprint density at radius 3 is 2.47 bits per heavy atom. The van der Waals surface area contributed by atoms with Crippen LogP contribution < -0.4 is 5.73 Å². The third kappa shape index (κ3) is 5.52. The van der Waals surface area contributed by atoms with Crippen LogP contribution in [0.25, 0.3) is 0 Å². The maximum atomic E-state index is 8.54. The first-order valence-corrected chi connectivity index (χ1v) is 7.14. The molecule has 0 saturated heterocycles. The molecule has 1 rings (SSSR count). The first-order valence-electron chi connectivity index (χ1n) is 7.14. The Hall–Kier alpha value is -0.590. The number of nitriles is 1. The minimum atomic E-state index is 0.438. The summed E-state index contributed by atoms with van der Waals surface area (Å²) in [5, 5.41) is 8.54. The van der Waals surface area contributed by atoms with E-state index in [2.05, 4.69) is 17.9 Å². The number of nitrogens with zero attached hydrogens (tertiary/aromatic N) is 2. The monoisotopic (exact) mass is 237 g/mol. The average molecular weight is 237 g/mol. The van der Waals surface area contributed by atoms with Gasteiger partial charge in [0.15, 0.2) is 0 Å². The maximum absolute atomic E-state index is 8.54. The van der Waals surface area contributed by atoms with E-state index >= 15 is 0 Å². The quantitative estimate of drug-likeness (QED) is 0.693. The number of rotatable bonds is 7. The van der Waals surface area contributed by atoms with E-state index in [9.17, 15) is 0 Å². The van der Waals surface area contributed by atoms with Gasteiger partial charge in [-0.3, -0.25) is 0 Å². The first kappa shape index (κ1) is 14.5. The van der Waals surface area contributed by atoms with Crippen molar-refractivity contribution in [2.24, 2.45) is 5.73 Å². The van der Waals surface area contributed by atoms with Gasteiger partial charge in [0.1, 0.15) is 0 Å². The van der Waals surface area contributed by atoms with Crippen molar-refractivity contribution in [3.05, 3.63) is 0 Å². The number of nitrogens with two attached hydrogens (primary N) is 1. The lowest BCUT2D eigenvalue weighted by atomic mass is 9.90. The van der Waals surface area contributed by atoms with Gasteiger partial charge >= 0.3 is 0 Å².